The lowest BCUT2D eigenvalue weighted by molar-refractivity contribution is -0.134. The smallest absolute Gasteiger partial charge is 0.161 e. The van der Waals surface area contributed by atoms with Crippen molar-refractivity contribution in [1.29, 1.82) is 0 Å². The van der Waals surface area contributed by atoms with E-state index in [0.29, 0.717) is 29.6 Å². The quantitative estimate of drug-likeness (QED) is 0.796. The zero-order valence-corrected chi connectivity index (χ0v) is 17.0. The third-order valence-electron chi connectivity index (χ3n) is 5.79. The van der Waals surface area contributed by atoms with Crippen LogP contribution in [0.15, 0.2) is 36.4 Å². The molecule has 2 heterocycles. The Kier molecular flexibility index (Phi) is 5.54. The Balaban J connectivity index is 1.61. The molecule has 0 amide bonds. The van der Waals surface area contributed by atoms with Crippen LogP contribution in [-0.4, -0.2) is 46.4 Å². The fourth-order valence-corrected chi connectivity index (χ4v) is 4.36. The van der Waals surface area contributed by atoms with Gasteiger partial charge in [0.25, 0.3) is 0 Å². The van der Waals surface area contributed by atoms with Crippen molar-refractivity contribution in [2.24, 2.45) is 11.8 Å². The van der Waals surface area contributed by atoms with Crippen molar-refractivity contribution < 1.29 is 33.5 Å². The average molecular weight is 402 g/mol. The van der Waals surface area contributed by atoms with E-state index in [4.69, 9.17) is 28.4 Å². The number of methoxy groups -OCH3 is 4. The molecule has 7 nitrogen and oxygen atoms in total. The van der Waals surface area contributed by atoms with E-state index in [0.717, 1.165) is 11.1 Å². The van der Waals surface area contributed by atoms with Gasteiger partial charge in [0.1, 0.15) is 0 Å². The number of aliphatic hydroxyl groups is 1. The molecule has 0 aliphatic carbocycles. The highest BCUT2D eigenvalue weighted by Crippen LogP contribution is 2.53. The predicted octanol–water partition coefficient (Wildman–Crippen LogP) is 3.11. The van der Waals surface area contributed by atoms with Gasteiger partial charge in [0.15, 0.2) is 29.3 Å². The molecule has 5 atom stereocenters. The van der Waals surface area contributed by atoms with Gasteiger partial charge in [0.2, 0.25) is 0 Å². The Morgan fingerprint density at radius 2 is 1.28 bits per heavy atom. The Labute approximate surface area is 170 Å². The maximum atomic E-state index is 10.7. The van der Waals surface area contributed by atoms with Crippen LogP contribution in [-0.2, 0) is 9.47 Å². The van der Waals surface area contributed by atoms with Gasteiger partial charge in [-0.1, -0.05) is 12.1 Å². The van der Waals surface area contributed by atoms with Crippen molar-refractivity contribution in [3.8, 4) is 23.0 Å². The highest BCUT2D eigenvalue weighted by atomic mass is 16.6. The molecule has 156 valence electrons. The summed E-state index contributed by atoms with van der Waals surface area (Å²) in [6, 6.07) is 11.3. The molecule has 1 N–H and O–H groups in total. The summed E-state index contributed by atoms with van der Waals surface area (Å²) in [5.74, 6) is 2.38. The molecule has 4 rings (SSSR count). The summed E-state index contributed by atoms with van der Waals surface area (Å²) in [4.78, 5) is 0. The zero-order valence-electron chi connectivity index (χ0n) is 17.0. The lowest BCUT2D eigenvalue weighted by Crippen LogP contribution is -2.22. The lowest BCUT2D eigenvalue weighted by Gasteiger charge is -2.21. The average Bonchev–Trinajstić information content (AvgIpc) is 3.34. The van der Waals surface area contributed by atoms with Crippen LogP contribution >= 0.6 is 0 Å². The van der Waals surface area contributed by atoms with E-state index >= 15 is 0 Å². The zero-order chi connectivity index (χ0) is 20.5. The molecule has 2 aliphatic rings. The summed E-state index contributed by atoms with van der Waals surface area (Å²) in [5.41, 5.74) is 1.84. The second kappa shape index (κ2) is 8.10. The number of hydrogen-bond donors (Lipinski definition) is 1. The minimum absolute atomic E-state index is 0.0150. The van der Waals surface area contributed by atoms with Gasteiger partial charge in [-0.15, -0.1) is 0 Å². The molecule has 2 aromatic carbocycles. The van der Waals surface area contributed by atoms with Crippen molar-refractivity contribution in [2.45, 2.75) is 18.5 Å². The number of fused-ring (bicyclic) bond motifs is 1. The van der Waals surface area contributed by atoms with Gasteiger partial charge in [-0.05, 0) is 35.4 Å². The van der Waals surface area contributed by atoms with Crippen LogP contribution in [0.5, 0.6) is 23.0 Å². The Bertz CT molecular complexity index is 815. The third-order valence-corrected chi connectivity index (χ3v) is 5.79. The summed E-state index contributed by atoms with van der Waals surface area (Å²) < 4.78 is 33.5. The van der Waals surface area contributed by atoms with Gasteiger partial charge in [-0.25, -0.2) is 0 Å². The molecule has 0 radical (unpaired) electrons. The molecule has 0 bridgehead atoms. The van der Waals surface area contributed by atoms with Crippen LogP contribution in [0, 0.1) is 11.8 Å². The molecule has 0 spiro atoms. The van der Waals surface area contributed by atoms with Crippen LogP contribution in [0.1, 0.15) is 23.3 Å². The van der Waals surface area contributed by atoms with Crippen molar-refractivity contribution in [1.82, 2.24) is 0 Å². The molecule has 2 saturated heterocycles. The second-order valence-corrected chi connectivity index (χ2v) is 7.17. The minimum Gasteiger partial charge on any atom is -0.493 e. The fourth-order valence-electron chi connectivity index (χ4n) is 4.36. The monoisotopic (exact) mass is 402 g/mol. The molecule has 7 heteroatoms. The first-order valence-electron chi connectivity index (χ1n) is 9.50. The molecular weight excluding hydrogens is 376 g/mol. The number of aliphatic hydroxyl groups excluding tert-OH is 1. The molecule has 2 fully saturated rings. The second-order valence-electron chi connectivity index (χ2n) is 7.17. The SMILES string of the molecule is COc1ccc(C2OC(O)C3C(c4ccc(OC)c(OC)c4)OCC23)cc1OC. The topological polar surface area (TPSA) is 75.6 Å². The summed E-state index contributed by atoms with van der Waals surface area (Å²) in [6.07, 6.45) is -1.52. The highest BCUT2D eigenvalue weighted by Gasteiger charge is 2.53. The number of hydrogen-bond acceptors (Lipinski definition) is 7. The van der Waals surface area contributed by atoms with E-state index in [1.54, 1.807) is 28.4 Å². The molecular formula is C22H26O7. The van der Waals surface area contributed by atoms with Gasteiger partial charge in [-0.2, -0.15) is 0 Å². The van der Waals surface area contributed by atoms with E-state index in [9.17, 15) is 5.11 Å². The van der Waals surface area contributed by atoms with E-state index in [2.05, 4.69) is 0 Å². The summed E-state index contributed by atoms with van der Waals surface area (Å²) in [7, 11) is 6.39. The van der Waals surface area contributed by atoms with Crippen LogP contribution in [0.2, 0.25) is 0 Å². The molecule has 0 saturated carbocycles. The van der Waals surface area contributed by atoms with Gasteiger partial charge >= 0.3 is 0 Å². The van der Waals surface area contributed by atoms with Crippen molar-refractivity contribution in [3.63, 3.8) is 0 Å². The first-order valence-corrected chi connectivity index (χ1v) is 9.50. The van der Waals surface area contributed by atoms with Crippen molar-refractivity contribution >= 4 is 0 Å². The summed E-state index contributed by atoms with van der Waals surface area (Å²) in [5, 5.41) is 10.7. The minimum atomic E-state index is -0.932. The van der Waals surface area contributed by atoms with Gasteiger partial charge < -0.3 is 33.5 Å². The van der Waals surface area contributed by atoms with E-state index in [1.807, 2.05) is 36.4 Å². The van der Waals surface area contributed by atoms with Crippen molar-refractivity contribution in [2.75, 3.05) is 35.0 Å². The van der Waals surface area contributed by atoms with E-state index in [1.165, 1.54) is 0 Å². The van der Waals surface area contributed by atoms with Crippen LogP contribution in [0.3, 0.4) is 0 Å². The third kappa shape index (κ3) is 3.39. The maximum Gasteiger partial charge on any atom is 0.161 e. The largest absolute Gasteiger partial charge is 0.493 e. The van der Waals surface area contributed by atoms with Crippen molar-refractivity contribution in [3.05, 3.63) is 47.5 Å². The Hall–Kier alpha value is -2.48. The van der Waals surface area contributed by atoms with Gasteiger partial charge in [-0.3, -0.25) is 0 Å². The van der Waals surface area contributed by atoms with E-state index in [-0.39, 0.29) is 24.0 Å². The van der Waals surface area contributed by atoms with Crippen LogP contribution in [0.25, 0.3) is 0 Å². The molecule has 0 aromatic heterocycles. The molecule has 2 aromatic rings. The first-order chi connectivity index (χ1) is 14.1. The number of benzene rings is 2. The number of ether oxygens (including phenoxy) is 6. The van der Waals surface area contributed by atoms with Gasteiger partial charge in [0.05, 0.1) is 47.3 Å². The summed E-state index contributed by atoms with van der Waals surface area (Å²) >= 11 is 0. The Morgan fingerprint density at radius 1 is 0.759 bits per heavy atom. The fraction of sp³-hybridized carbons (Fsp3) is 0.455. The standard InChI is InChI=1S/C22H26O7/c1-24-15-7-5-12(9-17(15)26-3)20-14-11-28-21(19(14)22(23)29-20)13-6-8-16(25-2)18(10-13)27-4/h5-10,14,19-23H,11H2,1-4H3. The number of rotatable bonds is 6. The first kappa shape index (κ1) is 19.8. The highest BCUT2D eigenvalue weighted by molar-refractivity contribution is 5.45. The van der Waals surface area contributed by atoms with Crippen LogP contribution < -0.4 is 18.9 Å². The molecule has 29 heavy (non-hydrogen) atoms. The normalized spacial score (nSPS) is 28.1. The maximum absolute atomic E-state index is 10.7. The molecule has 2 aliphatic heterocycles. The Morgan fingerprint density at radius 3 is 1.79 bits per heavy atom. The molecule has 5 unspecified atom stereocenters. The predicted molar refractivity (Wildman–Crippen MR) is 105 cm³/mol. The lowest BCUT2D eigenvalue weighted by atomic mass is 9.84. The summed E-state index contributed by atoms with van der Waals surface area (Å²) in [6.45, 7) is 0.486. The van der Waals surface area contributed by atoms with E-state index < -0.39 is 6.29 Å². The van der Waals surface area contributed by atoms with Crippen LogP contribution in [0.4, 0.5) is 0 Å². The van der Waals surface area contributed by atoms with Gasteiger partial charge in [0, 0.05) is 11.8 Å².